The number of nitrogens with one attached hydrogen (secondary N) is 1. The summed E-state index contributed by atoms with van der Waals surface area (Å²) >= 11 is 0. The van der Waals surface area contributed by atoms with E-state index in [2.05, 4.69) is 79.8 Å². The van der Waals surface area contributed by atoms with Crippen molar-refractivity contribution >= 4 is 29.9 Å². The van der Waals surface area contributed by atoms with Gasteiger partial charge in [-0.2, -0.15) is 5.10 Å². The summed E-state index contributed by atoms with van der Waals surface area (Å²) < 4.78 is 1.96. The summed E-state index contributed by atoms with van der Waals surface area (Å²) in [6.07, 6.45) is 3.82. The second-order valence-electron chi connectivity index (χ2n) is 7.62. The molecule has 0 saturated carbocycles. The molecule has 6 nitrogen and oxygen atoms in total. The van der Waals surface area contributed by atoms with Crippen molar-refractivity contribution in [2.75, 3.05) is 33.2 Å². The molecule has 0 spiro atoms. The highest BCUT2D eigenvalue weighted by Gasteiger charge is 2.19. The van der Waals surface area contributed by atoms with Crippen LogP contribution in [0.2, 0.25) is 0 Å². The molecule has 1 aliphatic rings. The number of halogens is 1. The zero-order valence-corrected chi connectivity index (χ0v) is 20.4. The number of hydrogen-bond acceptors (Lipinski definition) is 3. The molecule has 1 fully saturated rings. The van der Waals surface area contributed by atoms with E-state index in [0.29, 0.717) is 0 Å². The Morgan fingerprint density at radius 3 is 2.29 bits per heavy atom. The molecule has 2 heterocycles. The fourth-order valence-electron chi connectivity index (χ4n) is 3.92. The first-order valence-electron chi connectivity index (χ1n) is 10.6. The number of aromatic nitrogens is 2. The van der Waals surface area contributed by atoms with Gasteiger partial charge in [-0.25, -0.2) is 0 Å². The molecular formula is C24H31IN6. The van der Waals surface area contributed by atoms with Crippen LogP contribution in [0.4, 0.5) is 0 Å². The van der Waals surface area contributed by atoms with Crippen molar-refractivity contribution in [2.45, 2.75) is 19.6 Å². The Kier molecular flexibility index (Phi) is 8.90. The molecule has 164 valence electrons. The second kappa shape index (κ2) is 11.9. The van der Waals surface area contributed by atoms with Crippen molar-refractivity contribution in [1.82, 2.24) is 24.9 Å². The molecule has 1 N–H and O–H groups in total. The van der Waals surface area contributed by atoms with Crippen LogP contribution in [-0.4, -0.2) is 58.8 Å². The van der Waals surface area contributed by atoms with Gasteiger partial charge in [0.15, 0.2) is 5.96 Å². The Labute approximate surface area is 202 Å². The number of hydrogen-bond donors (Lipinski definition) is 1. The number of benzene rings is 2. The molecule has 1 saturated heterocycles. The highest BCUT2D eigenvalue weighted by molar-refractivity contribution is 14.0. The van der Waals surface area contributed by atoms with Crippen LogP contribution in [0.25, 0.3) is 0 Å². The van der Waals surface area contributed by atoms with Crippen LogP contribution in [0.15, 0.2) is 78.0 Å². The summed E-state index contributed by atoms with van der Waals surface area (Å²) in [5, 5.41) is 7.90. The number of piperazine rings is 1. The van der Waals surface area contributed by atoms with E-state index in [4.69, 9.17) is 0 Å². The molecule has 2 aromatic carbocycles. The predicted octanol–water partition coefficient (Wildman–Crippen LogP) is 3.44. The van der Waals surface area contributed by atoms with E-state index in [0.717, 1.165) is 51.8 Å². The minimum Gasteiger partial charge on any atom is -0.352 e. The first kappa shape index (κ1) is 23.3. The van der Waals surface area contributed by atoms with Gasteiger partial charge in [0.05, 0.1) is 6.54 Å². The third-order valence-electron chi connectivity index (χ3n) is 5.58. The van der Waals surface area contributed by atoms with E-state index < -0.39 is 0 Å². The average molecular weight is 530 g/mol. The van der Waals surface area contributed by atoms with Crippen molar-refractivity contribution in [3.8, 4) is 0 Å². The molecule has 1 aromatic heterocycles. The van der Waals surface area contributed by atoms with Gasteiger partial charge in [0.1, 0.15) is 0 Å². The molecule has 3 aromatic rings. The van der Waals surface area contributed by atoms with Crippen LogP contribution in [0, 0.1) is 0 Å². The maximum absolute atomic E-state index is 4.54. The molecule has 0 bridgehead atoms. The molecule has 0 radical (unpaired) electrons. The summed E-state index contributed by atoms with van der Waals surface area (Å²) in [6.45, 7) is 6.62. The van der Waals surface area contributed by atoms with E-state index in [1.165, 1.54) is 16.7 Å². The standard InChI is InChI=1S/C24H30N6.HI/c1-25-24(29-16-14-28(15-17-29)19-21-8-3-2-4-9-21)26-18-22-10-5-6-11-23(22)20-30-13-7-12-27-30;/h2-13H,14-20H2,1H3,(H,25,26);1H. The number of aliphatic imine (C=N–C) groups is 1. The van der Waals surface area contributed by atoms with Crippen LogP contribution in [0.5, 0.6) is 0 Å². The van der Waals surface area contributed by atoms with Gasteiger partial charge in [-0.3, -0.25) is 14.6 Å². The number of rotatable bonds is 6. The molecule has 31 heavy (non-hydrogen) atoms. The summed E-state index contributed by atoms with van der Waals surface area (Å²) in [5.41, 5.74) is 3.93. The van der Waals surface area contributed by atoms with Gasteiger partial charge in [0.25, 0.3) is 0 Å². The molecule has 1 aliphatic heterocycles. The lowest BCUT2D eigenvalue weighted by molar-refractivity contribution is 0.172. The fraction of sp³-hybridized carbons (Fsp3) is 0.333. The molecule has 7 heteroatoms. The van der Waals surface area contributed by atoms with Crippen LogP contribution in [0.3, 0.4) is 0 Å². The quantitative estimate of drug-likeness (QED) is 0.302. The Balaban J connectivity index is 0.00000272. The average Bonchev–Trinajstić information content (AvgIpc) is 3.30. The molecule has 0 atom stereocenters. The Morgan fingerprint density at radius 2 is 1.61 bits per heavy atom. The molecule has 0 aliphatic carbocycles. The zero-order chi connectivity index (χ0) is 20.6. The highest BCUT2D eigenvalue weighted by Crippen LogP contribution is 2.12. The molecule has 0 amide bonds. The summed E-state index contributed by atoms with van der Waals surface area (Å²) in [6, 6.07) is 21.2. The monoisotopic (exact) mass is 530 g/mol. The van der Waals surface area contributed by atoms with Gasteiger partial charge in [-0.05, 0) is 22.8 Å². The van der Waals surface area contributed by atoms with E-state index in [-0.39, 0.29) is 24.0 Å². The van der Waals surface area contributed by atoms with Gasteiger partial charge in [-0.1, -0.05) is 54.6 Å². The van der Waals surface area contributed by atoms with E-state index in [1.54, 1.807) is 0 Å². The first-order chi connectivity index (χ1) is 14.8. The topological polar surface area (TPSA) is 48.7 Å². The summed E-state index contributed by atoms with van der Waals surface area (Å²) in [5.74, 6) is 0.975. The van der Waals surface area contributed by atoms with Crippen molar-refractivity contribution in [2.24, 2.45) is 4.99 Å². The lowest BCUT2D eigenvalue weighted by Crippen LogP contribution is -2.52. The Morgan fingerprint density at radius 1 is 0.903 bits per heavy atom. The Hall–Kier alpha value is -2.39. The van der Waals surface area contributed by atoms with Crippen LogP contribution < -0.4 is 5.32 Å². The Bertz CT molecular complexity index is 934. The van der Waals surface area contributed by atoms with E-state index in [1.807, 2.05) is 30.2 Å². The van der Waals surface area contributed by atoms with Gasteiger partial charge in [0, 0.05) is 58.7 Å². The van der Waals surface area contributed by atoms with Crippen LogP contribution in [0.1, 0.15) is 16.7 Å². The van der Waals surface area contributed by atoms with Gasteiger partial charge < -0.3 is 10.2 Å². The van der Waals surface area contributed by atoms with Crippen LogP contribution in [-0.2, 0) is 19.6 Å². The van der Waals surface area contributed by atoms with Crippen molar-refractivity contribution < 1.29 is 0 Å². The first-order valence-corrected chi connectivity index (χ1v) is 10.6. The maximum atomic E-state index is 4.54. The largest absolute Gasteiger partial charge is 0.352 e. The number of nitrogens with zero attached hydrogens (tertiary/aromatic N) is 5. The predicted molar refractivity (Wildman–Crippen MR) is 137 cm³/mol. The van der Waals surface area contributed by atoms with Crippen molar-refractivity contribution in [3.63, 3.8) is 0 Å². The minimum atomic E-state index is 0. The van der Waals surface area contributed by atoms with E-state index in [9.17, 15) is 0 Å². The molecule has 4 rings (SSSR count). The lowest BCUT2D eigenvalue weighted by Gasteiger charge is -2.36. The SMILES string of the molecule is CN=C(NCc1ccccc1Cn1cccn1)N1CCN(Cc2ccccc2)CC1.I. The molecule has 0 unspecified atom stereocenters. The van der Waals surface area contributed by atoms with Crippen molar-refractivity contribution in [3.05, 3.63) is 89.7 Å². The lowest BCUT2D eigenvalue weighted by atomic mass is 10.1. The third kappa shape index (κ3) is 6.54. The summed E-state index contributed by atoms with van der Waals surface area (Å²) in [7, 11) is 1.87. The smallest absolute Gasteiger partial charge is 0.194 e. The van der Waals surface area contributed by atoms with Crippen molar-refractivity contribution in [1.29, 1.82) is 0 Å². The van der Waals surface area contributed by atoms with E-state index >= 15 is 0 Å². The summed E-state index contributed by atoms with van der Waals surface area (Å²) in [4.78, 5) is 9.41. The normalized spacial score (nSPS) is 14.9. The third-order valence-corrected chi connectivity index (χ3v) is 5.58. The van der Waals surface area contributed by atoms with Gasteiger partial charge >= 0.3 is 0 Å². The maximum Gasteiger partial charge on any atom is 0.194 e. The highest BCUT2D eigenvalue weighted by atomic mass is 127. The van der Waals surface area contributed by atoms with Gasteiger partial charge in [-0.15, -0.1) is 24.0 Å². The van der Waals surface area contributed by atoms with Crippen LogP contribution >= 0.6 is 24.0 Å². The zero-order valence-electron chi connectivity index (χ0n) is 18.0. The fourth-order valence-corrected chi connectivity index (χ4v) is 3.92. The second-order valence-corrected chi connectivity index (χ2v) is 7.62. The molecular weight excluding hydrogens is 499 g/mol. The number of guanidine groups is 1. The minimum absolute atomic E-state index is 0. The van der Waals surface area contributed by atoms with Gasteiger partial charge in [0.2, 0.25) is 0 Å².